The molecule has 14 heavy (non-hydrogen) atoms. The number of rotatable bonds is 2. The molecule has 1 rings (SSSR count). The maximum absolute atomic E-state index is 10.5. The van der Waals surface area contributed by atoms with Gasteiger partial charge >= 0.3 is 5.97 Å². The van der Waals surface area contributed by atoms with Gasteiger partial charge in [-0.25, -0.2) is 0 Å². The summed E-state index contributed by atoms with van der Waals surface area (Å²) in [5.41, 5.74) is 2.01. The second-order valence-electron chi connectivity index (χ2n) is 3.21. The molecule has 0 spiro atoms. The minimum atomic E-state index is -0.986. The van der Waals surface area contributed by atoms with E-state index in [4.69, 9.17) is 16.7 Å². The predicted molar refractivity (Wildman–Crippen MR) is 53.9 cm³/mol. The topological polar surface area (TPSA) is 57.5 Å². The minimum absolute atomic E-state index is 0.128. The van der Waals surface area contributed by atoms with E-state index in [-0.39, 0.29) is 17.2 Å². The van der Waals surface area contributed by atoms with Crippen molar-refractivity contribution in [3.63, 3.8) is 0 Å². The van der Waals surface area contributed by atoms with Gasteiger partial charge in [0.25, 0.3) is 0 Å². The van der Waals surface area contributed by atoms with Crippen molar-refractivity contribution >= 4 is 17.6 Å². The number of benzene rings is 1. The fourth-order valence-electron chi connectivity index (χ4n) is 1.23. The lowest BCUT2D eigenvalue weighted by molar-refractivity contribution is -0.136. The Balaban J connectivity index is 3.25. The first-order valence-corrected chi connectivity index (χ1v) is 4.50. The normalized spacial score (nSPS) is 10.2. The molecule has 0 atom stereocenters. The van der Waals surface area contributed by atoms with Crippen LogP contribution in [0.5, 0.6) is 5.75 Å². The largest absolute Gasteiger partial charge is 0.506 e. The molecule has 0 amide bonds. The zero-order valence-electron chi connectivity index (χ0n) is 7.97. The number of aromatic hydroxyl groups is 1. The van der Waals surface area contributed by atoms with Crippen LogP contribution in [-0.4, -0.2) is 16.2 Å². The van der Waals surface area contributed by atoms with Gasteiger partial charge in [-0.15, -0.1) is 0 Å². The van der Waals surface area contributed by atoms with E-state index in [1.54, 1.807) is 13.0 Å². The molecule has 0 aromatic heterocycles. The molecule has 0 saturated heterocycles. The van der Waals surface area contributed by atoms with Gasteiger partial charge in [-0.05, 0) is 25.0 Å². The van der Waals surface area contributed by atoms with Crippen LogP contribution in [0.4, 0.5) is 0 Å². The Bertz CT molecular complexity index is 385. The summed E-state index contributed by atoms with van der Waals surface area (Å²) in [4.78, 5) is 10.5. The summed E-state index contributed by atoms with van der Waals surface area (Å²) in [6.45, 7) is 3.61. The summed E-state index contributed by atoms with van der Waals surface area (Å²) < 4.78 is 0. The maximum atomic E-state index is 10.5. The Labute approximate surface area is 86.9 Å². The Morgan fingerprint density at radius 1 is 1.50 bits per heavy atom. The molecule has 2 N–H and O–H groups in total. The average molecular weight is 215 g/mol. The highest BCUT2D eigenvalue weighted by Gasteiger charge is 2.13. The van der Waals surface area contributed by atoms with Crippen molar-refractivity contribution in [2.45, 2.75) is 20.3 Å². The Morgan fingerprint density at radius 2 is 2.07 bits per heavy atom. The summed E-state index contributed by atoms with van der Waals surface area (Å²) in [5, 5.41) is 18.4. The van der Waals surface area contributed by atoms with Crippen molar-refractivity contribution in [2.75, 3.05) is 0 Å². The fraction of sp³-hybridized carbons (Fsp3) is 0.300. The molecule has 76 valence electrons. The molecule has 0 heterocycles. The third-order valence-electron chi connectivity index (χ3n) is 2.17. The minimum Gasteiger partial charge on any atom is -0.506 e. The van der Waals surface area contributed by atoms with Crippen molar-refractivity contribution in [3.05, 3.63) is 27.8 Å². The van der Waals surface area contributed by atoms with E-state index in [2.05, 4.69) is 0 Å². The zero-order valence-corrected chi connectivity index (χ0v) is 8.72. The number of carboxylic acids is 1. The molecular weight excluding hydrogens is 204 g/mol. The van der Waals surface area contributed by atoms with Crippen LogP contribution in [0.2, 0.25) is 5.02 Å². The molecule has 0 unspecified atom stereocenters. The van der Waals surface area contributed by atoms with Gasteiger partial charge in [0, 0.05) is 5.56 Å². The first-order valence-electron chi connectivity index (χ1n) is 4.12. The molecule has 0 aliphatic heterocycles. The Kier molecular flexibility index (Phi) is 3.01. The van der Waals surface area contributed by atoms with Gasteiger partial charge in [0.15, 0.2) is 0 Å². The predicted octanol–water partition coefficient (Wildman–Crippen LogP) is 2.29. The summed E-state index contributed by atoms with van der Waals surface area (Å²) in [5.74, 6) is -1.11. The second-order valence-corrected chi connectivity index (χ2v) is 3.59. The highest BCUT2D eigenvalue weighted by molar-refractivity contribution is 6.33. The van der Waals surface area contributed by atoms with Crippen LogP contribution >= 0.6 is 11.6 Å². The van der Waals surface area contributed by atoms with Crippen LogP contribution in [0.3, 0.4) is 0 Å². The summed E-state index contributed by atoms with van der Waals surface area (Å²) in [7, 11) is 0. The van der Waals surface area contributed by atoms with Crippen molar-refractivity contribution in [2.24, 2.45) is 0 Å². The van der Waals surface area contributed by atoms with E-state index in [0.717, 1.165) is 11.1 Å². The van der Waals surface area contributed by atoms with Crippen LogP contribution in [-0.2, 0) is 11.2 Å². The van der Waals surface area contributed by atoms with Gasteiger partial charge in [-0.3, -0.25) is 4.79 Å². The van der Waals surface area contributed by atoms with E-state index in [1.807, 2.05) is 6.92 Å². The maximum Gasteiger partial charge on any atom is 0.307 e. The smallest absolute Gasteiger partial charge is 0.307 e. The monoisotopic (exact) mass is 214 g/mol. The molecule has 0 radical (unpaired) electrons. The number of aliphatic carboxylic acids is 1. The quantitative estimate of drug-likeness (QED) is 0.794. The highest BCUT2D eigenvalue weighted by Crippen LogP contribution is 2.33. The van der Waals surface area contributed by atoms with Gasteiger partial charge in [-0.2, -0.15) is 0 Å². The van der Waals surface area contributed by atoms with Crippen molar-refractivity contribution < 1.29 is 15.0 Å². The van der Waals surface area contributed by atoms with Crippen molar-refractivity contribution in [1.29, 1.82) is 0 Å². The number of hydrogen-bond acceptors (Lipinski definition) is 2. The third kappa shape index (κ3) is 1.99. The number of phenolic OH excluding ortho intramolecular Hbond substituents is 1. The molecule has 0 saturated carbocycles. The van der Waals surface area contributed by atoms with E-state index in [0.29, 0.717) is 5.56 Å². The molecule has 0 fully saturated rings. The Morgan fingerprint density at radius 3 is 2.57 bits per heavy atom. The number of carboxylic acid groups (broad SMARTS) is 1. The summed E-state index contributed by atoms with van der Waals surface area (Å²) in [6, 6.07) is 1.64. The van der Waals surface area contributed by atoms with Crippen LogP contribution in [0, 0.1) is 13.8 Å². The van der Waals surface area contributed by atoms with E-state index in [9.17, 15) is 9.90 Å². The van der Waals surface area contributed by atoms with E-state index in [1.165, 1.54) is 0 Å². The van der Waals surface area contributed by atoms with E-state index >= 15 is 0 Å². The summed E-state index contributed by atoms with van der Waals surface area (Å²) >= 11 is 5.83. The first kappa shape index (κ1) is 10.9. The molecule has 0 aliphatic carbocycles. The summed E-state index contributed by atoms with van der Waals surface area (Å²) in [6.07, 6.45) is -0.216. The van der Waals surface area contributed by atoms with Gasteiger partial charge in [-0.1, -0.05) is 17.7 Å². The molecule has 1 aromatic rings. The molecule has 1 aromatic carbocycles. The van der Waals surface area contributed by atoms with Gasteiger partial charge in [0.2, 0.25) is 0 Å². The van der Waals surface area contributed by atoms with Gasteiger partial charge in [0.1, 0.15) is 5.75 Å². The van der Waals surface area contributed by atoms with Crippen LogP contribution in [0.25, 0.3) is 0 Å². The molecule has 0 aliphatic rings. The molecule has 4 heteroatoms. The zero-order chi connectivity index (χ0) is 10.9. The fourth-order valence-corrected chi connectivity index (χ4v) is 1.50. The lowest BCUT2D eigenvalue weighted by Crippen LogP contribution is -2.01. The van der Waals surface area contributed by atoms with Crippen molar-refractivity contribution in [3.8, 4) is 5.75 Å². The number of hydrogen-bond donors (Lipinski definition) is 2. The standard InChI is InChI=1S/C10H11ClO3/c1-5-3-7(4-8(12)13)10(14)9(11)6(5)2/h3,14H,4H2,1-2H3,(H,12,13). The molecule has 3 nitrogen and oxygen atoms in total. The highest BCUT2D eigenvalue weighted by atomic mass is 35.5. The van der Waals surface area contributed by atoms with Crippen LogP contribution in [0.15, 0.2) is 6.07 Å². The lowest BCUT2D eigenvalue weighted by atomic mass is 10.0. The van der Waals surface area contributed by atoms with E-state index < -0.39 is 5.97 Å². The first-order chi connectivity index (χ1) is 6.43. The number of aryl methyl sites for hydroxylation is 1. The molecular formula is C10H11ClO3. The average Bonchev–Trinajstić information content (AvgIpc) is 2.10. The van der Waals surface area contributed by atoms with Gasteiger partial charge < -0.3 is 10.2 Å². The number of phenols is 1. The van der Waals surface area contributed by atoms with Crippen molar-refractivity contribution in [1.82, 2.24) is 0 Å². The lowest BCUT2D eigenvalue weighted by Gasteiger charge is -2.09. The van der Waals surface area contributed by atoms with Gasteiger partial charge in [0.05, 0.1) is 11.4 Å². The second kappa shape index (κ2) is 3.88. The Hall–Kier alpha value is -1.22. The van der Waals surface area contributed by atoms with Crippen LogP contribution in [0.1, 0.15) is 16.7 Å². The number of carbonyl (C=O) groups is 1. The third-order valence-corrected chi connectivity index (χ3v) is 2.63. The molecule has 0 bridgehead atoms. The SMILES string of the molecule is Cc1cc(CC(=O)O)c(O)c(Cl)c1C. The van der Waals surface area contributed by atoms with Crippen LogP contribution < -0.4 is 0 Å². The number of halogens is 1.